The predicted molar refractivity (Wildman–Crippen MR) is 68.2 cm³/mol. The van der Waals surface area contributed by atoms with E-state index in [0.717, 1.165) is 14.8 Å². The van der Waals surface area contributed by atoms with Crippen molar-refractivity contribution in [2.45, 2.75) is 18.7 Å². The Kier molecular flexibility index (Phi) is 5.38. The van der Waals surface area contributed by atoms with Crippen molar-refractivity contribution in [3.05, 3.63) is 39.8 Å². The standard InChI is InChI=1S/C11H12ClOPS/c1-8(2)11(7-14-13)15-10-5-3-9(12)4-6-10/h3-6H,7H2,1-2H3. The molecule has 0 spiro atoms. The molecule has 0 heterocycles. The van der Waals surface area contributed by atoms with Crippen LogP contribution in [0.25, 0.3) is 0 Å². The van der Waals surface area contributed by atoms with E-state index in [9.17, 15) is 4.57 Å². The number of hydrogen-bond acceptors (Lipinski definition) is 2. The molecule has 0 aromatic heterocycles. The molecule has 0 aliphatic carbocycles. The van der Waals surface area contributed by atoms with Gasteiger partial charge in [-0.15, -0.1) is 0 Å². The molecule has 0 saturated heterocycles. The van der Waals surface area contributed by atoms with Gasteiger partial charge in [0.05, 0.1) is 6.16 Å². The molecule has 0 saturated carbocycles. The highest BCUT2D eigenvalue weighted by molar-refractivity contribution is 8.03. The number of thioether (sulfide) groups is 1. The van der Waals surface area contributed by atoms with E-state index in [-0.39, 0.29) is 8.46 Å². The van der Waals surface area contributed by atoms with Crippen LogP contribution in [0, 0.1) is 0 Å². The first-order valence-electron chi connectivity index (χ1n) is 4.52. The molecule has 1 rings (SSSR count). The van der Waals surface area contributed by atoms with E-state index in [1.54, 1.807) is 11.8 Å². The maximum absolute atomic E-state index is 10.6. The van der Waals surface area contributed by atoms with Crippen molar-refractivity contribution in [3.63, 3.8) is 0 Å². The Morgan fingerprint density at radius 3 is 2.40 bits per heavy atom. The molecule has 0 radical (unpaired) electrons. The lowest BCUT2D eigenvalue weighted by atomic mass is 10.3. The predicted octanol–water partition coefficient (Wildman–Crippen LogP) is 5.02. The third kappa shape index (κ3) is 4.38. The summed E-state index contributed by atoms with van der Waals surface area (Å²) in [6.45, 7) is 4.06. The molecule has 0 unspecified atom stereocenters. The third-order valence-electron chi connectivity index (χ3n) is 1.82. The summed E-state index contributed by atoms with van der Waals surface area (Å²) in [6, 6.07) is 7.66. The molecule has 80 valence electrons. The van der Waals surface area contributed by atoms with Crippen molar-refractivity contribution in [1.29, 1.82) is 0 Å². The average molecular weight is 259 g/mol. The first-order valence-corrected chi connectivity index (χ1v) is 6.71. The first kappa shape index (κ1) is 12.8. The molecule has 0 amide bonds. The van der Waals surface area contributed by atoms with Crippen LogP contribution in [-0.2, 0) is 4.57 Å². The first-order chi connectivity index (χ1) is 7.13. The van der Waals surface area contributed by atoms with Crippen LogP contribution in [0.2, 0.25) is 5.02 Å². The molecule has 0 fully saturated rings. The van der Waals surface area contributed by atoms with Crippen LogP contribution in [-0.4, -0.2) is 6.16 Å². The van der Waals surface area contributed by atoms with Gasteiger partial charge in [0.25, 0.3) is 0 Å². The second-order valence-electron chi connectivity index (χ2n) is 3.27. The van der Waals surface area contributed by atoms with Crippen molar-refractivity contribution < 1.29 is 4.57 Å². The highest BCUT2D eigenvalue weighted by Gasteiger charge is 2.03. The van der Waals surface area contributed by atoms with Crippen LogP contribution in [0.15, 0.2) is 39.6 Å². The maximum Gasteiger partial charge on any atom is 0.160 e. The van der Waals surface area contributed by atoms with Crippen molar-refractivity contribution in [3.8, 4) is 0 Å². The summed E-state index contributed by atoms with van der Waals surface area (Å²) in [5.74, 6) is 0. The monoisotopic (exact) mass is 258 g/mol. The number of allylic oxidation sites excluding steroid dienone is 2. The van der Waals surface area contributed by atoms with Crippen LogP contribution in [0.3, 0.4) is 0 Å². The summed E-state index contributed by atoms with van der Waals surface area (Å²) < 4.78 is 10.6. The molecule has 15 heavy (non-hydrogen) atoms. The topological polar surface area (TPSA) is 17.1 Å². The summed E-state index contributed by atoms with van der Waals surface area (Å²) in [6.07, 6.45) is 0.579. The number of halogens is 1. The van der Waals surface area contributed by atoms with Crippen LogP contribution in [0.5, 0.6) is 0 Å². The van der Waals surface area contributed by atoms with Crippen LogP contribution >= 0.6 is 31.8 Å². The molecule has 1 aromatic carbocycles. The molecule has 0 bridgehead atoms. The average Bonchev–Trinajstić information content (AvgIpc) is 2.20. The lowest BCUT2D eigenvalue weighted by Crippen LogP contribution is -1.83. The van der Waals surface area contributed by atoms with E-state index in [1.807, 2.05) is 38.1 Å². The van der Waals surface area contributed by atoms with Gasteiger partial charge < -0.3 is 0 Å². The van der Waals surface area contributed by atoms with Gasteiger partial charge in [0.15, 0.2) is 8.46 Å². The molecule has 1 nitrogen and oxygen atoms in total. The number of rotatable bonds is 4. The van der Waals surface area contributed by atoms with Crippen molar-refractivity contribution in [2.75, 3.05) is 6.16 Å². The summed E-state index contributed by atoms with van der Waals surface area (Å²) in [4.78, 5) is 2.27. The Balaban J connectivity index is 2.79. The molecule has 4 heteroatoms. The largest absolute Gasteiger partial charge is 0.275 e. The van der Waals surface area contributed by atoms with Crippen LogP contribution < -0.4 is 0 Å². The molecule has 1 aromatic rings. The maximum atomic E-state index is 10.6. The van der Waals surface area contributed by atoms with Gasteiger partial charge in [0.1, 0.15) is 0 Å². The van der Waals surface area contributed by atoms with Gasteiger partial charge >= 0.3 is 0 Å². The van der Waals surface area contributed by atoms with Gasteiger partial charge in [-0.3, -0.25) is 4.57 Å². The van der Waals surface area contributed by atoms with E-state index in [2.05, 4.69) is 0 Å². The second kappa shape index (κ2) is 6.32. The number of hydrogen-bond donors (Lipinski definition) is 0. The van der Waals surface area contributed by atoms with E-state index in [4.69, 9.17) is 11.6 Å². The number of benzene rings is 1. The van der Waals surface area contributed by atoms with Crippen LogP contribution in [0.1, 0.15) is 13.8 Å². The highest BCUT2D eigenvalue weighted by Crippen LogP contribution is 2.31. The van der Waals surface area contributed by atoms with E-state index < -0.39 is 0 Å². The Morgan fingerprint density at radius 2 is 1.93 bits per heavy atom. The van der Waals surface area contributed by atoms with Gasteiger partial charge in [0.2, 0.25) is 0 Å². The summed E-state index contributed by atoms with van der Waals surface area (Å²) >= 11 is 7.44. The Hall–Kier alpha value is -0.300. The minimum absolute atomic E-state index is 0.166. The summed E-state index contributed by atoms with van der Waals surface area (Å²) in [5.41, 5.74) is 1.21. The van der Waals surface area contributed by atoms with Gasteiger partial charge in [-0.1, -0.05) is 28.9 Å². The molecule has 0 aliphatic heterocycles. The Labute approximate surface area is 101 Å². The van der Waals surface area contributed by atoms with Crippen molar-refractivity contribution >= 4 is 31.8 Å². The summed E-state index contributed by atoms with van der Waals surface area (Å²) in [7, 11) is 0.166. The fraction of sp³-hybridized carbons (Fsp3) is 0.273. The minimum atomic E-state index is 0.166. The quantitative estimate of drug-likeness (QED) is 0.557. The second-order valence-corrected chi connectivity index (χ2v) is 5.45. The zero-order valence-electron chi connectivity index (χ0n) is 8.66. The zero-order chi connectivity index (χ0) is 11.3. The smallest absolute Gasteiger partial charge is 0.160 e. The SMILES string of the molecule is CC(C)=C(CP=O)Sc1ccc(Cl)cc1. The highest BCUT2D eigenvalue weighted by atomic mass is 35.5. The molecule has 0 aliphatic rings. The van der Waals surface area contributed by atoms with Gasteiger partial charge in [-0.25, -0.2) is 0 Å². The summed E-state index contributed by atoms with van der Waals surface area (Å²) in [5, 5.41) is 0.736. The molecular weight excluding hydrogens is 247 g/mol. The van der Waals surface area contributed by atoms with E-state index in [1.165, 1.54) is 5.57 Å². The van der Waals surface area contributed by atoms with Crippen LogP contribution in [0.4, 0.5) is 0 Å². The molecule has 0 atom stereocenters. The van der Waals surface area contributed by atoms with Gasteiger partial charge in [-0.2, -0.15) is 0 Å². The van der Waals surface area contributed by atoms with E-state index in [0.29, 0.717) is 6.16 Å². The van der Waals surface area contributed by atoms with Crippen molar-refractivity contribution in [1.82, 2.24) is 0 Å². The zero-order valence-corrected chi connectivity index (χ0v) is 11.1. The molecule has 0 N–H and O–H groups in total. The third-order valence-corrected chi connectivity index (χ3v) is 4.04. The van der Waals surface area contributed by atoms with Gasteiger partial charge in [-0.05, 0) is 43.0 Å². The normalized spacial score (nSPS) is 10.3. The fourth-order valence-electron chi connectivity index (χ4n) is 0.996. The fourth-order valence-corrected chi connectivity index (χ4v) is 2.73. The Bertz CT molecular complexity index is 369. The Morgan fingerprint density at radius 1 is 1.33 bits per heavy atom. The van der Waals surface area contributed by atoms with Crippen molar-refractivity contribution in [2.24, 2.45) is 0 Å². The van der Waals surface area contributed by atoms with Gasteiger partial charge in [0, 0.05) is 9.92 Å². The lowest BCUT2D eigenvalue weighted by Gasteiger charge is -2.05. The molecular formula is C11H12ClOPS. The minimum Gasteiger partial charge on any atom is -0.275 e. The lowest BCUT2D eigenvalue weighted by molar-refractivity contribution is 0.600. The van der Waals surface area contributed by atoms with E-state index >= 15 is 0 Å².